The lowest BCUT2D eigenvalue weighted by molar-refractivity contribution is -0.291. The van der Waals surface area contributed by atoms with E-state index in [2.05, 4.69) is 0 Å². The van der Waals surface area contributed by atoms with Gasteiger partial charge in [0.15, 0.2) is 5.60 Å². The van der Waals surface area contributed by atoms with Gasteiger partial charge in [-0.2, -0.15) is 13.2 Å². The van der Waals surface area contributed by atoms with Crippen LogP contribution < -0.4 is 0 Å². The largest absolute Gasteiger partial charge is 0.417 e. The van der Waals surface area contributed by atoms with Crippen LogP contribution >= 0.6 is 0 Å². The molecule has 1 aliphatic rings. The fourth-order valence-corrected chi connectivity index (χ4v) is 2.38. The van der Waals surface area contributed by atoms with Crippen LogP contribution in [-0.2, 0) is 4.74 Å². The Hall–Kier alpha value is -0.250. The van der Waals surface area contributed by atoms with Gasteiger partial charge in [-0.15, -0.1) is 0 Å². The zero-order chi connectivity index (χ0) is 11.5. The highest BCUT2D eigenvalue weighted by Crippen LogP contribution is 2.44. The molecule has 1 fully saturated rings. The Morgan fingerprint density at radius 2 is 1.67 bits per heavy atom. The molecule has 0 aromatic carbocycles. The third-order valence-electron chi connectivity index (χ3n) is 3.39. The third-order valence-corrected chi connectivity index (χ3v) is 3.39. The number of alkyl halides is 3. The highest BCUT2D eigenvalue weighted by molar-refractivity contribution is 4.92. The highest BCUT2D eigenvalue weighted by Gasteiger charge is 2.56. The molecule has 0 radical (unpaired) electrons. The molecule has 1 unspecified atom stereocenters. The summed E-state index contributed by atoms with van der Waals surface area (Å²) < 4.78 is 43.9. The number of ether oxygens (including phenoxy) is 1. The lowest BCUT2D eigenvalue weighted by atomic mass is 9.77. The summed E-state index contributed by atoms with van der Waals surface area (Å²) in [6.45, 7) is 2.94. The standard InChI is InChI=1S/C11H19F3O/c1-3-15-10(2,11(12,13)14)9-7-5-4-6-8-9/h9H,3-8H2,1-2H3. The predicted molar refractivity (Wildman–Crippen MR) is 52.7 cm³/mol. The molecule has 4 heteroatoms. The first kappa shape index (κ1) is 12.8. The van der Waals surface area contributed by atoms with Crippen LogP contribution in [0.5, 0.6) is 0 Å². The first-order valence-electron chi connectivity index (χ1n) is 5.62. The van der Waals surface area contributed by atoms with E-state index in [9.17, 15) is 13.2 Å². The molecule has 0 spiro atoms. The summed E-state index contributed by atoms with van der Waals surface area (Å²) in [7, 11) is 0. The predicted octanol–water partition coefficient (Wildman–Crippen LogP) is 3.92. The Labute approximate surface area is 89.0 Å². The van der Waals surface area contributed by atoms with Gasteiger partial charge < -0.3 is 4.74 Å². The molecule has 90 valence electrons. The minimum Gasteiger partial charge on any atom is -0.366 e. The van der Waals surface area contributed by atoms with Crippen molar-refractivity contribution < 1.29 is 17.9 Å². The molecule has 0 N–H and O–H groups in total. The molecule has 1 nitrogen and oxygen atoms in total. The second-order valence-corrected chi connectivity index (χ2v) is 4.37. The van der Waals surface area contributed by atoms with Crippen LogP contribution in [0.4, 0.5) is 13.2 Å². The van der Waals surface area contributed by atoms with Crippen molar-refractivity contribution in [2.75, 3.05) is 6.61 Å². The molecule has 1 saturated carbocycles. The molecular weight excluding hydrogens is 205 g/mol. The monoisotopic (exact) mass is 224 g/mol. The van der Waals surface area contributed by atoms with Gasteiger partial charge in [-0.1, -0.05) is 19.3 Å². The Balaban J connectivity index is 2.79. The van der Waals surface area contributed by atoms with Crippen LogP contribution in [0.3, 0.4) is 0 Å². The van der Waals surface area contributed by atoms with Crippen LogP contribution in [0.1, 0.15) is 46.0 Å². The van der Waals surface area contributed by atoms with E-state index in [0.29, 0.717) is 12.8 Å². The van der Waals surface area contributed by atoms with Crippen molar-refractivity contribution >= 4 is 0 Å². The summed E-state index contributed by atoms with van der Waals surface area (Å²) in [4.78, 5) is 0. The van der Waals surface area contributed by atoms with Crippen molar-refractivity contribution in [2.45, 2.75) is 57.7 Å². The lowest BCUT2D eigenvalue weighted by Gasteiger charge is -2.40. The van der Waals surface area contributed by atoms with E-state index in [0.717, 1.165) is 19.3 Å². The Kier molecular flexibility index (Phi) is 4.04. The van der Waals surface area contributed by atoms with E-state index in [-0.39, 0.29) is 12.5 Å². The molecule has 0 aliphatic heterocycles. The molecule has 0 aromatic rings. The van der Waals surface area contributed by atoms with Crippen LogP contribution in [0.15, 0.2) is 0 Å². The van der Waals surface area contributed by atoms with Crippen LogP contribution in [-0.4, -0.2) is 18.4 Å². The second kappa shape index (κ2) is 4.73. The summed E-state index contributed by atoms with van der Waals surface area (Å²) >= 11 is 0. The molecule has 1 aliphatic carbocycles. The summed E-state index contributed by atoms with van der Waals surface area (Å²) in [5.74, 6) is -0.369. The summed E-state index contributed by atoms with van der Waals surface area (Å²) in [5.41, 5.74) is -1.94. The minimum absolute atomic E-state index is 0.118. The lowest BCUT2D eigenvalue weighted by Crippen LogP contribution is -2.51. The van der Waals surface area contributed by atoms with Gasteiger partial charge in [-0.3, -0.25) is 0 Å². The quantitative estimate of drug-likeness (QED) is 0.706. The van der Waals surface area contributed by atoms with Crippen molar-refractivity contribution in [3.8, 4) is 0 Å². The average Bonchev–Trinajstić information content (AvgIpc) is 2.18. The average molecular weight is 224 g/mol. The minimum atomic E-state index is -4.26. The molecule has 1 atom stereocenters. The molecule has 0 amide bonds. The smallest absolute Gasteiger partial charge is 0.366 e. The molecule has 15 heavy (non-hydrogen) atoms. The van der Waals surface area contributed by atoms with E-state index in [1.54, 1.807) is 6.92 Å². The van der Waals surface area contributed by atoms with Crippen molar-refractivity contribution in [1.82, 2.24) is 0 Å². The number of hydrogen-bond donors (Lipinski definition) is 0. The Morgan fingerprint density at radius 3 is 2.07 bits per heavy atom. The van der Waals surface area contributed by atoms with Crippen molar-refractivity contribution in [1.29, 1.82) is 0 Å². The van der Waals surface area contributed by atoms with Gasteiger partial charge in [0.05, 0.1) is 0 Å². The van der Waals surface area contributed by atoms with Gasteiger partial charge >= 0.3 is 6.18 Å². The van der Waals surface area contributed by atoms with Gasteiger partial charge in [0.25, 0.3) is 0 Å². The number of hydrogen-bond acceptors (Lipinski definition) is 1. The maximum atomic E-state index is 13.0. The van der Waals surface area contributed by atoms with Gasteiger partial charge in [-0.05, 0) is 32.6 Å². The van der Waals surface area contributed by atoms with E-state index in [4.69, 9.17) is 4.74 Å². The van der Waals surface area contributed by atoms with Crippen molar-refractivity contribution in [2.24, 2.45) is 5.92 Å². The summed E-state index contributed by atoms with van der Waals surface area (Å²) in [6, 6.07) is 0. The second-order valence-electron chi connectivity index (χ2n) is 4.37. The first-order valence-corrected chi connectivity index (χ1v) is 5.62. The fourth-order valence-electron chi connectivity index (χ4n) is 2.38. The van der Waals surface area contributed by atoms with Gasteiger partial charge in [0.1, 0.15) is 0 Å². The zero-order valence-corrected chi connectivity index (χ0v) is 9.36. The zero-order valence-electron chi connectivity index (χ0n) is 9.36. The first-order chi connectivity index (χ1) is 6.92. The molecule has 1 rings (SSSR count). The molecule has 0 heterocycles. The van der Waals surface area contributed by atoms with Gasteiger partial charge in [-0.25, -0.2) is 0 Å². The fraction of sp³-hybridized carbons (Fsp3) is 1.00. The third kappa shape index (κ3) is 2.65. The van der Waals surface area contributed by atoms with Crippen LogP contribution in [0.2, 0.25) is 0 Å². The van der Waals surface area contributed by atoms with E-state index < -0.39 is 11.8 Å². The topological polar surface area (TPSA) is 9.23 Å². The SMILES string of the molecule is CCOC(C)(C1CCCCC1)C(F)(F)F. The normalized spacial score (nSPS) is 23.8. The molecular formula is C11H19F3O. The Bertz CT molecular complexity index is 196. The van der Waals surface area contributed by atoms with Crippen LogP contribution in [0, 0.1) is 5.92 Å². The van der Waals surface area contributed by atoms with Crippen LogP contribution in [0.25, 0.3) is 0 Å². The highest BCUT2D eigenvalue weighted by atomic mass is 19.4. The maximum absolute atomic E-state index is 13.0. The number of halogens is 3. The van der Waals surface area contributed by atoms with E-state index >= 15 is 0 Å². The number of rotatable bonds is 3. The molecule has 0 saturated heterocycles. The summed E-state index contributed by atoms with van der Waals surface area (Å²) in [5, 5.41) is 0. The van der Waals surface area contributed by atoms with Crippen molar-refractivity contribution in [3.63, 3.8) is 0 Å². The maximum Gasteiger partial charge on any atom is 0.417 e. The van der Waals surface area contributed by atoms with E-state index in [1.807, 2.05) is 0 Å². The van der Waals surface area contributed by atoms with Crippen molar-refractivity contribution in [3.05, 3.63) is 0 Å². The molecule has 0 aromatic heterocycles. The van der Waals surface area contributed by atoms with E-state index in [1.165, 1.54) is 6.92 Å². The summed E-state index contributed by atoms with van der Waals surface area (Å²) in [6.07, 6.45) is -0.152. The van der Waals surface area contributed by atoms with Gasteiger partial charge in [0.2, 0.25) is 0 Å². The van der Waals surface area contributed by atoms with Gasteiger partial charge in [0, 0.05) is 6.61 Å². The molecule has 0 bridgehead atoms. The Morgan fingerprint density at radius 1 is 1.13 bits per heavy atom.